The molecular formula is C20H22ClN3O3. The van der Waals surface area contributed by atoms with Gasteiger partial charge in [0.25, 0.3) is 0 Å². The number of hydrogen-bond acceptors (Lipinski definition) is 3. The molecule has 0 aliphatic carbocycles. The second-order valence-electron chi connectivity index (χ2n) is 6.47. The Labute approximate surface area is 163 Å². The lowest BCUT2D eigenvalue weighted by molar-refractivity contribution is -0.123. The molecular weight excluding hydrogens is 366 g/mol. The van der Waals surface area contributed by atoms with E-state index in [-0.39, 0.29) is 11.9 Å². The van der Waals surface area contributed by atoms with Gasteiger partial charge >= 0.3 is 6.03 Å². The number of carbonyl (C=O) groups excluding carboxylic acids is 2. The maximum absolute atomic E-state index is 12.9. The summed E-state index contributed by atoms with van der Waals surface area (Å²) in [6.45, 7) is 4.47. The van der Waals surface area contributed by atoms with Crippen LogP contribution in [-0.4, -0.2) is 43.1 Å². The number of nitrogens with one attached hydrogen (secondary N) is 1. The van der Waals surface area contributed by atoms with Gasteiger partial charge < -0.3 is 19.9 Å². The number of amides is 3. The Balaban J connectivity index is 1.75. The van der Waals surface area contributed by atoms with E-state index in [0.717, 1.165) is 5.56 Å². The average Bonchev–Trinajstić information content (AvgIpc) is 2.65. The summed E-state index contributed by atoms with van der Waals surface area (Å²) < 4.78 is 5.35. The summed E-state index contributed by atoms with van der Waals surface area (Å²) in [7, 11) is 1.55. The van der Waals surface area contributed by atoms with Crippen molar-refractivity contribution in [1.82, 2.24) is 4.90 Å². The van der Waals surface area contributed by atoms with E-state index in [0.29, 0.717) is 35.2 Å². The Morgan fingerprint density at radius 2 is 1.89 bits per heavy atom. The Bertz CT molecular complexity index is 854. The molecule has 1 N–H and O–H groups in total. The van der Waals surface area contributed by atoms with Gasteiger partial charge in [-0.2, -0.15) is 0 Å². The van der Waals surface area contributed by atoms with Gasteiger partial charge in [0.15, 0.2) is 0 Å². The van der Waals surface area contributed by atoms with Crippen LogP contribution in [0.3, 0.4) is 0 Å². The fourth-order valence-corrected chi connectivity index (χ4v) is 3.26. The van der Waals surface area contributed by atoms with Gasteiger partial charge in [-0.3, -0.25) is 4.79 Å². The van der Waals surface area contributed by atoms with Crippen LogP contribution in [0.1, 0.15) is 12.5 Å². The summed E-state index contributed by atoms with van der Waals surface area (Å²) in [5, 5.41) is 3.37. The fraction of sp³-hybridized carbons (Fsp3) is 0.300. The van der Waals surface area contributed by atoms with Gasteiger partial charge in [-0.05, 0) is 44.2 Å². The average molecular weight is 388 g/mol. The third-order valence-electron chi connectivity index (χ3n) is 4.65. The van der Waals surface area contributed by atoms with Crippen LogP contribution in [0.15, 0.2) is 42.5 Å². The fourth-order valence-electron chi connectivity index (χ4n) is 3.09. The molecule has 1 aliphatic rings. The van der Waals surface area contributed by atoms with Gasteiger partial charge in [0.1, 0.15) is 11.8 Å². The minimum Gasteiger partial charge on any atom is -0.495 e. The zero-order valence-corrected chi connectivity index (χ0v) is 16.3. The highest BCUT2D eigenvalue weighted by molar-refractivity contribution is 6.31. The van der Waals surface area contributed by atoms with Gasteiger partial charge in [-0.1, -0.05) is 29.3 Å². The Hall–Kier alpha value is -2.73. The van der Waals surface area contributed by atoms with E-state index < -0.39 is 6.04 Å². The molecule has 1 aliphatic heterocycles. The number of methoxy groups -OCH3 is 1. The van der Waals surface area contributed by atoms with Crippen molar-refractivity contribution in [3.05, 3.63) is 53.1 Å². The Morgan fingerprint density at radius 3 is 2.56 bits per heavy atom. The number of benzene rings is 2. The maximum Gasteiger partial charge on any atom is 0.322 e. The van der Waals surface area contributed by atoms with Crippen molar-refractivity contribution in [1.29, 1.82) is 0 Å². The lowest BCUT2D eigenvalue weighted by Gasteiger charge is -2.39. The summed E-state index contributed by atoms with van der Waals surface area (Å²) in [6, 6.07) is 11.8. The topological polar surface area (TPSA) is 61.9 Å². The highest BCUT2D eigenvalue weighted by atomic mass is 35.5. The number of aryl methyl sites for hydroxylation is 1. The molecule has 0 unspecified atom stereocenters. The molecule has 142 valence electrons. The van der Waals surface area contributed by atoms with Crippen LogP contribution in [0.2, 0.25) is 5.02 Å². The third kappa shape index (κ3) is 4.01. The predicted octanol–water partition coefficient (Wildman–Crippen LogP) is 3.93. The molecule has 2 aromatic rings. The summed E-state index contributed by atoms with van der Waals surface area (Å²) in [4.78, 5) is 28.7. The smallest absolute Gasteiger partial charge is 0.322 e. The number of piperazine rings is 1. The quantitative estimate of drug-likeness (QED) is 0.868. The predicted molar refractivity (Wildman–Crippen MR) is 107 cm³/mol. The molecule has 3 rings (SSSR count). The van der Waals surface area contributed by atoms with E-state index in [1.165, 1.54) is 4.90 Å². The molecule has 3 amide bonds. The number of nitrogens with zero attached hydrogens (tertiary/aromatic N) is 2. The van der Waals surface area contributed by atoms with Crippen molar-refractivity contribution in [2.24, 2.45) is 0 Å². The zero-order valence-electron chi connectivity index (χ0n) is 15.5. The number of ether oxygens (including phenoxy) is 1. The minimum absolute atomic E-state index is 0.180. The van der Waals surface area contributed by atoms with Gasteiger partial charge in [0.2, 0.25) is 5.91 Å². The molecule has 1 heterocycles. The summed E-state index contributed by atoms with van der Waals surface area (Å²) >= 11 is 6.09. The summed E-state index contributed by atoms with van der Waals surface area (Å²) in [5.74, 6) is 0.387. The monoisotopic (exact) mass is 387 g/mol. The molecule has 2 aromatic carbocycles. The summed E-state index contributed by atoms with van der Waals surface area (Å²) in [6.07, 6.45) is 0. The van der Waals surface area contributed by atoms with Crippen LogP contribution in [0, 0.1) is 6.92 Å². The normalized spacial score (nSPS) is 17.0. The van der Waals surface area contributed by atoms with Crippen molar-refractivity contribution in [3.63, 3.8) is 0 Å². The molecule has 0 aromatic heterocycles. The second kappa shape index (κ2) is 7.88. The number of halogens is 1. The number of hydrogen-bond donors (Lipinski definition) is 1. The van der Waals surface area contributed by atoms with Crippen LogP contribution in [-0.2, 0) is 4.79 Å². The first-order chi connectivity index (χ1) is 12.9. The maximum atomic E-state index is 12.9. The minimum atomic E-state index is -0.604. The first-order valence-corrected chi connectivity index (χ1v) is 9.07. The first kappa shape index (κ1) is 19.0. The van der Waals surface area contributed by atoms with Gasteiger partial charge in [-0.15, -0.1) is 0 Å². The van der Waals surface area contributed by atoms with E-state index in [1.54, 1.807) is 37.1 Å². The lowest BCUT2D eigenvalue weighted by Crippen LogP contribution is -2.58. The first-order valence-electron chi connectivity index (χ1n) is 8.70. The SMILES string of the molecule is COc1ccc(Cl)cc1N1CCN(C(=O)Nc2ccc(C)cc2)[C@H](C)C1=O. The van der Waals surface area contributed by atoms with Crippen molar-refractivity contribution < 1.29 is 14.3 Å². The molecule has 1 fully saturated rings. The van der Waals surface area contributed by atoms with E-state index >= 15 is 0 Å². The van der Waals surface area contributed by atoms with Crippen molar-refractivity contribution in [2.45, 2.75) is 19.9 Å². The van der Waals surface area contributed by atoms with Crippen molar-refractivity contribution in [3.8, 4) is 5.75 Å². The molecule has 6 nitrogen and oxygen atoms in total. The number of rotatable bonds is 3. The molecule has 7 heteroatoms. The van der Waals surface area contributed by atoms with Crippen LogP contribution in [0.5, 0.6) is 5.75 Å². The molecule has 0 spiro atoms. The van der Waals surface area contributed by atoms with E-state index in [9.17, 15) is 9.59 Å². The molecule has 0 saturated carbocycles. The summed E-state index contributed by atoms with van der Waals surface area (Å²) in [5.41, 5.74) is 2.42. The molecule has 1 saturated heterocycles. The Morgan fingerprint density at radius 1 is 1.19 bits per heavy atom. The van der Waals surface area contributed by atoms with Gasteiger partial charge in [0.05, 0.1) is 12.8 Å². The number of anilines is 2. The van der Waals surface area contributed by atoms with Crippen LogP contribution in [0.4, 0.5) is 16.2 Å². The second-order valence-corrected chi connectivity index (χ2v) is 6.91. The van der Waals surface area contributed by atoms with E-state index in [2.05, 4.69) is 5.32 Å². The van der Waals surface area contributed by atoms with Crippen LogP contribution < -0.4 is 15.0 Å². The highest BCUT2D eigenvalue weighted by Gasteiger charge is 2.36. The third-order valence-corrected chi connectivity index (χ3v) is 4.89. The highest BCUT2D eigenvalue weighted by Crippen LogP contribution is 2.33. The standard InChI is InChI=1S/C20H22ClN3O3/c1-13-4-7-16(8-5-13)22-20(26)23-10-11-24(19(25)14(23)2)17-12-15(21)6-9-18(17)27-3/h4-9,12,14H,10-11H2,1-3H3,(H,22,26)/t14-/m1/s1. The van der Waals surface area contributed by atoms with Crippen LogP contribution in [0.25, 0.3) is 0 Å². The van der Waals surface area contributed by atoms with E-state index in [4.69, 9.17) is 16.3 Å². The molecule has 27 heavy (non-hydrogen) atoms. The molecule has 0 radical (unpaired) electrons. The molecule has 0 bridgehead atoms. The Kier molecular flexibility index (Phi) is 5.56. The van der Waals surface area contributed by atoms with Gasteiger partial charge in [-0.25, -0.2) is 4.79 Å². The lowest BCUT2D eigenvalue weighted by atomic mass is 10.1. The van der Waals surface area contributed by atoms with Crippen molar-refractivity contribution in [2.75, 3.05) is 30.4 Å². The van der Waals surface area contributed by atoms with Gasteiger partial charge in [0, 0.05) is 23.8 Å². The zero-order chi connectivity index (χ0) is 19.6. The van der Waals surface area contributed by atoms with E-state index in [1.807, 2.05) is 31.2 Å². The van der Waals surface area contributed by atoms with Crippen molar-refractivity contribution >= 4 is 34.9 Å². The number of carbonyl (C=O) groups is 2. The number of urea groups is 1. The largest absolute Gasteiger partial charge is 0.495 e. The molecule has 1 atom stereocenters. The van der Waals surface area contributed by atoms with Crippen LogP contribution >= 0.6 is 11.6 Å².